The number of hydrogen-bond acceptors (Lipinski definition) is 3. The Hall–Kier alpha value is -0.680. The quantitative estimate of drug-likeness (QED) is 0.860. The van der Waals surface area contributed by atoms with Crippen LogP contribution in [0.3, 0.4) is 0 Å². The van der Waals surface area contributed by atoms with Crippen LogP contribution in [-0.2, 0) is 0 Å². The van der Waals surface area contributed by atoms with E-state index in [1.165, 1.54) is 12.1 Å². The topological polar surface area (TPSA) is 15.3 Å². The number of nitrogens with zero attached hydrogens (tertiary/aromatic N) is 1. The van der Waals surface area contributed by atoms with Crippen LogP contribution in [-0.4, -0.2) is 32.1 Å². The molecule has 0 aromatic carbocycles. The van der Waals surface area contributed by atoms with Gasteiger partial charge in [-0.3, -0.25) is 0 Å². The van der Waals surface area contributed by atoms with E-state index in [4.69, 9.17) is 0 Å². The van der Waals surface area contributed by atoms with Gasteiger partial charge in [-0.2, -0.15) is 11.3 Å². The average Bonchev–Trinajstić information content (AvgIpc) is 2.90. The number of anilines is 1. The third kappa shape index (κ3) is 4.42. The molecule has 1 aliphatic rings. The summed E-state index contributed by atoms with van der Waals surface area (Å²) in [6.07, 6.45) is 1.08. The minimum Gasteiger partial charge on any atom is -0.369 e. The van der Waals surface area contributed by atoms with E-state index < -0.39 is 6.43 Å². The molecule has 5 heteroatoms. The van der Waals surface area contributed by atoms with Crippen LogP contribution in [0, 0.1) is 5.92 Å². The van der Waals surface area contributed by atoms with Crippen LogP contribution in [0.1, 0.15) is 26.2 Å². The lowest BCUT2D eigenvalue weighted by Crippen LogP contribution is -2.50. The van der Waals surface area contributed by atoms with Crippen LogP contribution in [0.15, 0.2) is 16.8 Å². The highest BCUT2D eigenvalue weighted by Crippen LogP contribution is 2.27. The maximum Gasteiger partial charge on any atom is 0.250 e. The first-order chi connectivity index (χ1) is 9.19. The van der Waals surface area contributed by atoms with Crippen LogP contribution in [0.4, 0.5) is 14.5 Å². The molecule has 0 spiro atoms. The highest BCUT2D eigenvalue weighted by atomic mass is 32.1. The van der Waals surface area contributed by atoms with Gasteiger partial charge < -0.3 is 10.2 Å². The van der Waals surface area contributed by atoms with E-state index in [1.807, 2.05) is 0 Å². The van der Waals surface area contributed by atoms with Crippen molar-refractivity contribution in [1.82, 2.24) is 5.32 Å². The fraction of sp³-hybridized carbons (Fsp3) is 0.714. The van der Waals surface area contributed by atoms with Crippen molar-refractivity contribution in [3.05, 3.63) is 16.8 Å². The first-order valence-electron chi connectivity index (χ1n) is 6.97. The number of piperidine rings is 1. The molecule has 0 amide bonds. The second-order valence-electron chi connectivity index (χ2n) is 5.27. The number of hydrogen-bond donors (Lipinski definition) is 1. The van der Waals surface area contributed by atoms with Gasteiger partial charge in [-0.15, -0.1) is 0 Å². The number of halogens is 2. The Morgan fingerprint density at radius 2 is 2.32 bits per heavy atom. The molecule has 0 saturated carbocycles. The highest BCUT2D eigenvalue weighted by Gasteiger charge is 2.27. The van der Waals surface area contributed by atoms with Gasteiger partial charge in [-0.25, -0.2) is 8.78 Å². The van der Waals surface area contributed by atoms with Crippen molar-refractivity contribution in [2.75, 3.05) is 24.5 Å². The molecule has 19 heavy (non-hydrogen) atoms. The summed E-state index contributed by atoms with van der Waals surface area (Å²) in [6.45, 7) is 3.88. The van der Waals surface area contributed by atoms with Crippen molar-refractivity contribution in [2.24, 2.45) is 5.92 Å². The Morgan fingerprint density at radius 3 is 2.95 bits per heavy atom. The molecular formula is C14H22F2N2S. The van der Waals surface area contributed by atoms with Crippen LogP contribution < -0.4 is 10.2 Å². The number of thiophene rings is 1. The molecule has 2 nitrogen and oxygen atoms in total. The van der Waals surface area contributed by atoms with E-state index >= 15 is 0 Å². The summed E-state index contributed by atoms with van der Waals surface area (Å²) in [7, 11) is 0. The second-order valence-corrected chi connectivity index (χ2v) is 6.05. The van der Waals surface area contributed by atoms with Gasteiger partial charge in [-0.05, 0) is 30.2 Å². The Labute approximate surface area is 117 Å². The van der Waals surface area contributed by atoms with Gasteiger partial charge in [-0.1, -0.05) is 13.3 Å². The lowest BCUT2D eigenvalue weighted by molar-refractivity contribution is 0.137. The summed E-state index contributed by atoms with van der Waals surface area (Å²) >= 11 is 1.69. The van der Waals surface area contributed by atoms with Crippen LogP contribution in [0.2, 0.25) is 0 Å². The first kappa shape index (κ1) is 14.7. The normalized spacial score (nSPS) is 24.1. The predicted octanol–water partition coefficient (Wildman–Crippen LogP) is 3.60. The third-order valence-electron chi connectivity index (χ3n) is 3.67. The number of nitrogens with one attached hydrogen (secondary N) is 1. The zero-order chi connectivity index (χ0) is 13.7. The molecule has 1 aromatic rings. The maximum atomic E-state index is 12.3. The predicted molar refractivity (Wildman–Crippen MR) is 77.3 cm³/mol. The number of rotatable bonds is 6. The summed E-state index contributed by atoms with van der Waals surface area (Å²) in [5.41, 5.74) is 1.23. The SMILES string of the molecule is CCCC1CC(NCC(F)F)CN(c2ccsc2)C1. The van der Waals surface area contributed by atoms with Crippen molar-refractivity contribution < 1.29 is 8.78 Å². The number of alkyl halides is 2. The minimum atomic E-state index is -2.26. The van der Waals surface area contributed by atoms with E-state index in [0.717, 1.165) is 25.9 Å². The molecule has 1 aromatic heterocycles. The largest absolute Gasteiger partial charge is 0.369 e. The summed E-state index contributed by atoms with van der Waals surface area (Å²) in [6, 6.07) is 2.29. The maximum absolute atomic E-state index is 12.3. The fourth-order valence-electron chi connectivity index (χ4n) is 2.87. The summed E-state index contributed by atoms with van der Waals surface area (Å²) in [5, 5.41) is 7.22. The molecule has 1 fully saturated rings. The highest BCUT2D eigenvalue weighted by molar-refractivity contribution is 7.08. The first-order valence-corrected chi connectivity index (χ1v) is 7.92. The van der Waals surface area contributed by atoms with Crippen molar-refractivity contribution in [2.45, 2.75) is 38.7 Å². The van der Waals surface area contributed by atoms with Gasteiger partial charge in [0.1, 0.15) is 0 Å². The minimum absolute atomic E-state index is 0.180. The molecule has 2 unspecified atom stereocenters. The lowest BCUT2D eigenvalue weighted by Gasteiger charge is -2.39. The van der Waals surface area contributed by atoms with E-state index in [2.05, 4.69) is 34.0 Å². The van der Waals surface area contributed by atoms with Gasteiger partial charge in [0.05, 0.1) is 6.54 Å². The molecule has 108 valence electrons. The Balaban J connectivity index is 1.96. The van der Waals surface area contributed by atoms with Gasteiger partial charge in [0.2, 0.25) is 0 Å². The smallest absolute Gasteiger partial charge is 0.250 e. The second kappa shape index (κ2) is 7.20. The Bertz CT molecular complexity index is 356. The molecule has 1 aliphatic heterocycles. The van der Waals surface area contributed by atoms with Gasteiger partial charge in [0, 0.05) is 30.2 Å². The molecule has 0 bridgehead atoms. The average molecular weight is 288 g/mol. The zero-order valence-corrected chi connectivity index (χ0v) is 12.1. The van der Waals surface area contributed by atoms with E-state index in [9.17, 15) is 8.78 Å². The molecule has 0 radical (unpaired) electrons. The monoisotopic (exact) mass is 288 g/mol. The van der Waals surface area contributed by atoms with E-state index in [-0.39, 0.29) is 12.6 Å². The fourth-order valence-corrected chi connectivity index (χ4v) is 3.54. The zero-order valence-electron chi connectivity index (χ0n) is 11.3. The van der Waals surface area contributed by atoms with Crippen molar-refractivity contribution in [3.63, 3.8) is 0 Å². The summed E-state index contributed by atoms with van der Waals surface area (Å²) in [5.74, 6) is 0.605. The summed E-state index contributed by atoms with van der Waals surface area (Å²) in [4.78, 5) is 2.34. The Morgan fingerprint density at radius 1 is 1.47 bits per heavy atom. The van der Waals surface area contributed by atoms with Gasteiger partial charge in [0.15, 0.2) is 0 Å². The van der Waals surface area contributed by atoms with Crippen molar-refractivity contribution in [1.29, 1.82) is 0 Å². The standard InChI is InChI=1S/C14H22F2N2S/c1-2-3-11-6-12(17-7-14(15)16)9-18(8-11)13-4-5-19-10-13/h4-5,10-12,14,17H,2-3,6-9H2,1H3. The molecule has 1 saturated heterocycles. The van der Waals surface area contributed by atoms with Crippen molar-refractivity contribution in [3.8, 4) is 0 Å². The lowest BCUT2D eigenvalue weighted by atomic mass is 9.90. The molecule has 0 aliphatic carbocycles. The van der Waals surface area contributed by atoms with Crippen molar-refractivity contribution >= 4 is 17.0 Å². The molecule has 2 heterocycles. The van der Waals surface area contributed by atoms with E-state index in [0.29, 0.717) is 5.92 Å². The third-order valence-corrected chi connectivity index (χ3v) is 4.34. The molecular weight excluding hydrogens is 266 g/mol. The van der Waals surface area contributed by atoms with Gasteiger partial charge in [0.25, 0.3) is 6.43 Å². The molecule has 2 atom stereocenters. The molecule has 1 N–H and O–H groups in total. The van der Waals surface area contributed by atoms with Crippen LogP contribution in [0.5, 0.6) is 0 Å². The van der Waals surface area contributed by atoms with Gasteiger partial charge >= 0.3 is 0 Å². The summed E-state index contributed by atoms with van der Waals surface area (Å²) < 4.78 is 24.7. The van der Waals surface area contributed by atoms with Crippen LogP contribution in [0.25, 0.3) is 0 Å². The molecule has 2 rings (SSSR count). The van der Waals surface area contributed by atoms with Crippen LogP contribution >= 0.6 is 11.3 Å². The Kier molecular flexibility index (Phi) is 5.58. The van der Waals surface area contributed by atoms with E-state index in [1.54, 1.807) is 11.3 Å².